The van der Waals surface area contributed by atoms with Gasteiger partial charge in [0.15, 0.2) is 5.65 Å². The molecule has 0 atom stereocenters. The molecule has 0 amide bonds. The number of carbonyl (C=O) groups excluding carboxylic acids is 1. The Kier molecular flexibility index (Phi) is 2.55. The molecular weight excluding hydrogens is 218 g/mol. The van der Waals surface area contributed by atoms with Crippen molar-refractivity contribution in [1.82, 2.24) is 14.4 Å². The van der Waals surface area contributed by atoms with E-state index in [0.29, 0.717) is 12.3 Å². The number of fused-ring (bicyclic) bond motifs is 1. The van der Waals surface area contributed by atoms with Gasteiger partial charge in [0.2, 0.25) is 0 Å². The molecule has 0 radical (unpaired) electrons. The summed E-state index contributed by atoms with van der Waals surface area (Å²) in [5, 5.41) is 0.260. The molecule has 0 N–H and O–H groups in total. The largest absolute Gasteiger partial charge is 0.462 e. The monoisotopic (exact) mass is 225 g/mol. The second kappa shape index (κ2) is 3.86. The molecule has 15 heavy (non-hydrogen) atoms. The van der Waals surface area contributed by atoms with Gasteiger partial charge >= 0.3 is 5.97 Å². The van der Waals surface area contributed by atoms with Crippen LogP contribution in [-0.4, -0.2) is 26.9 Å². The predicted octanol–water partition coefficient (Wildman–Crippen LogP) is 1.56. The van der Waals surface area contributed by atoms with Crippen LogP contribution in [0.15, 0.2) is 18.7 Å². The van der Waals surface area contributed by atoms with Crippen molar-refractivity contribution in [3.05, 3.63) is 29.4 Å². The van der Waals surface area contributed by atoms with Gasteiger partial charge in [-0.05, 0) is 6.92 Å². The molecule has 0 fully saturated rings. The summed E-state index contributed by atoms with van der Waals surface area (Å²) in [5.41, 5.74) is 0.831. The SMILES string of the molecule is CCOC(=O)c1cnc2cncn2c1Cl. The molecule has 2 heterocycles. The van der Waals surface area contributed by atoms with E-state index in [1.165, 1.54) is 16.9 Å². The molecule has 0 bridgehead atoms. The highest BCUT2D eigenvalue weighted by molar-refractivity contribution is 6.32. The van der Waals surface area contributed by atoms with E-state index < -0.39 is 5.97 Å². The summed E-state index contributed by atoms with van der Waals surface area (Å²) < 4.78 is 6.36. The third-order valence-corrected chi connectivity index (χ3v) is 2.26. The highest BCUT2D eigenvalue weighted by Crippen LogP contribution is 2.17. The summed E-state index contributed by atoms with van der Waals surface area (Å²) in [6.07, 6.45) is 4.44. The van der Waals surface area contributed by atoms with Gasteiger partial charge in [-0.3, -0.25) is 4.40 Å². The Morgan fingerprint density at radius 1 is 1.60 bits per heavy atom. The molecule has 78 valence electrons. The lowest BCUT2D eigenvalue weighted by Crippen LogP contribution is -2.08. The van der Waals surface area contributed by atoms with E-state index in [1.807, 2.05) is 0 Å². The maximum absolute atomic E-state index is 11.5. The lowest BCUT2D eigenvalue weighted by atomic mass is 10.3. The Hall–Kier alpha value is -1.62. The minimum Gasteiger partial charge on any atom is -0.462 e. The molecule has 0 aliphatic carbocycles. The van der Waals surface area contributed by atoms with Crippen molar-refractivity contribution in [2.75, 3.05) is 6.61 Å². The first kappa shape index (κ1) is 9.92. The van der Waals surface area contributed by atoms with Crippen LogP contribution in [0.5, 0.6) is 0 Å². The Balaban J connectivity index is 2.52. The van der Waals surface area contributed by atoms with Crippen LogP contribution >= 0.6 is 11.6 Å². The molecule has 2 aromatic heterocycles. The lowest BCUT2D eigenvalue weighted by Gasteiger charge is -2.04. The molecule has 2 rings (SSSR count). The smallest absolute Gasteiger partial charge is 0.342 e. The number of esters is 1. The van der Waals surface area contributed by atoms with Crippen molar-refractivity contribution in [3.63, 3.8) is 0 Å². The summed E-state index contributed by atoms with van der Waals surface area (Å²) >= 11 is 6.00. The molecule has 2 aromatic rings. The number of carbonyl (C=O) groups is 1. The first-order chi connectivity index (χ1) is 7.24. The molecular formula is C9H8ClN3O2. The minimum atomic E-state index is -0.481. The lowest BCUT2D eigenvalue weighted by molar-refractivity contribution is 0.0525. The standard InChI is InChI=1S/C9H8ClN3O2/c1-2-15-9(14)6-3-12-7-4-11-5-13(7)8(6)10/h3-5H,2H2,1H3. The summed E-state index contributed by atoms with van der Waals surface area (Å²) in [6.45, 7) is 2.03. The van der Waals surface area contributed by atoms with E-state index in [1.54, 1.807) is 13.1 Å². The van der Waals surface area contributed by atoms with Gasteiger partial charge < -0.3 is 4.74 Å². The quantitative estimate of drug-likeness (QED) is 0.575. The number of halogens is 1. The van der Waals surface area contributed by atoms with Gasteiger partial charge in [0, 0.05) is 6.20 Å². The third kappa shape index (κ3) is 1.66. The Bertz CT molecular complexity index is 509. The van der Waals surface area contributed by atoms with Gasteiger partial charge in [0.25, 0.3) is 0 Å². The van der Waals surface area contributed by atoms with Gasteiger partial charge in [0.05, 0.1) is 12.8 Å². The summed E-state index contributed by atoms with van der Waals surface area (Å²) in [5.74, 6) is -0.481. The summed E-state index contributed by atoms with van der Waals surface area (Å²) in [6, 6.07) is 0. The molecule has 0 aliphatic heterocycles. The van der Waals surface area contributed by atoms with Crippen molar-refractivity contribution >= 4 is 23.2 Å². The summed E-state index contributed by atoms with van der Waals surface area (Å²) in [4.78, 5) is 19.3. The van der Waals surface area contributed by atoms with Crippen LogP contribution < -0.4 is 0 Å². The average molecular weight is 226 g/mol. The van der Waals surface area contributed by atoms with E-state index in [4.69, 9.17) is 16.3 Å². The number of imidazole rings is 1. The number of aromatic nitrogens is 3. The fourth-order valence-electron chi connectivity index (χ4n) is 1.19. The first-order valence-electron chi connectivity index (χ1n) is 4.37. The molecule has 0 unspecified atom stereocenters. The van der Waals surface area contributed by atoms with E-state index in [2.05, 4.69) is 9.97 Å². The summed E-state index contributed by atoms with van der Waals surface area (Å²) in [7, 11) is 0. The van der Waals surface area contributed by atoms with Crippen LogP contribution in [0.3, 0.4) is 0 Å². The van der Waals surface area contributed by atoms with Gasteiger partial charge in [-0.15, -0.1) is 0 Å². The van der Waals surface area contributed by atoms with Crippen LogP contribution in [0.25, 0.3) is 5.65 Å². The third-order valence-electron chi connectivity index (χ3n) is 1.87. The van der Waals surface area contributed by atoms with Crippen LogP contribution in [0.1, 0.15) is 17.3 Å². The fraction of sp³-hybridized carbons (Fsp3) is 0.222. The van der Waals surface area contributed by atoms with Crippen molar-refractivity contribution in [2.24, 2.45) is 0 Å². The fourth-order valence-corrected chi connectivity index (χ4v) is 1.45. The van der Waals surface area contributed by atoms with Crippen LogP contribution in [0.2, 0.25) is 5.15 Å². The molecule has 0 aromatic carbocycles. The molecule has 0 saturated heterocycles. The zero-order valence-electron chi connectivity index (χ0n) is 7.98. The maximum atomic E-state index is 11.5. The number of rotatable bonds is 2. The van der Waals surface area contributed by atoms with E-state index in [9.17, 15) is 4.79 Å². The second-order valence-corrected chi connectivity index (χ2v) is 3.16. The topological polar surface area (TPSA) is 56.5 Å². The number of hydrogen-bond donors (Lipinski definition) is 0. The van der Waals surface area contributed by atoms with Crippen molar-refractivity contribution in [1.29, 1.82) is 0 Å². The van der Waals surface area contributed by atoms with E-state index in [-0.39, 0.29) is 10.7 Å². The highest BCUT2D eigenvalue weighted by Gasteiger charge is 2.14. The Labute approximate surface area is 90.7 Å². The minimum absolute atomic E-state index is 0.240. The van der Waals surface area contributed by atoms with Gasteiger partial charge in [0.1, 0.15) is 17.0 Å². The Morgan fingerprint density at radius 2 is 2.40 bits per heavy atom. The zero-order chi connectivity index (χ0) is 10.8. The molecule has 6 heteroatoms. The van der Waals surface area contributed by atoms with Gasteiger partial charge in [-0.1, -0.05) is 11.6 Å². The van der Waals surface area contributed by atoms with E-state index >= 15 is 0 Å². The first-order valence-corrected chi connectivity index (χ1v) is 4.75. The van der Waals surface area contributed by atoms with Crippen LogP contribution in [0, 0.1) is 0 Å². The number of hydrogen-bond acceptors (Lipinski definition) is 4. The number of ether oxygens (including phenoxy) is 1. The molecule has 0 aliphatic rings. The molecule has 0 spiro atoms. The van der Waals surface area contributed by atoms with Crippen molar-refractivity contribution < 1.29 is 9.53 Å². The van der Waals surface area contributed by atoms with Gasteiger partial charge in [-0.2, -0.15) is 0 Å². The molecule has 0 saturated carbocycles. The van der Waals surface area contributed by atoms with Crippen molar-refractivity contribution in [3.8, 4) is 0 Å². The Morgan fingerprint density at radius 3 is 3.13 bits per heavy atom. The highest BCUT2D eigenvalue weighted by atomic mass is 35.5. The van der Waals surface area contributed by atoms with Gasteiger partial charge in [-0.25, -0.2) is 14.8 Å². The maximum Gasteiger partial charge on any atom is 0.342 e. The zero-order valence-corrected chi connectivity index (χ0v) is 8.73. The normalized spacial score (nSPS) is 10.5. The molecule has 5 nitrogen and oxygen atoms in total. The van der Waals surface area contributed by atoms with Crippen LogP contribution in [0.4, 0.5) is 0 Å². The van der Waals surface area contributed by atoms with Crippen LogP contribution in [-0.2, 0) is 4.74 Å². The predicted molar refractivity (Wildman–Crippen MR) is 54.0 cm³/mol. The van der Waals surface area contributed by atoms with Crippen molar-refractivity contribution in [2.45, 2.75) is 6.92 Å². The number of nitrogens with zero attached hydrogens (tertiary/aromatic N) is 3. The average Bonchev–Trinajstić information content (AvgIpc) is 2.67. The van der Waals surface area contributed by atoms with E-state index in [0.717, 1.165) is 0 Å². The second-order valence-electron chi connectivity index (χ2n) is 2.80.